The minimum Gasteiger partial charge on any atom is -0.478 e. The van der Waals surface area contributed by atoms with Crippen molar-refractivity contribution in [2.75, 3.05) is 0 Å². The summed E-state index contributed by atoms with van der Waals surface area (Å²) in [6.07, 6.45) is 2.78. The van der Waals surface area contributed by atoms with E-state index in [9.17, 15) is 20.0 Å². The standard InChI is InChI=1S/C19H11ClN4O4/c20-12-4-5-14-16(9-12)21-7-6-17(14)23-18(15(10-22-23)19(25)26)11-2-1-3-13(8-11)24(27)28/h1-10H,(H,25,26). The van der Waals surface area contributed by atoms with Gasteiger partial charge in [-0.2, -0.15) is 5.10 Å². The quantitative estimate of drug-likeness (QED) is 0.407. The minimum absolute atomic E-state index is 0.0700. The van der Waals surface area contributed by atoms with Gasteiger partial charge in [-0.15, -0.1) is 0 Å². The van der Waals surface area contributed by atoms with Crippen molar-refractivity contribution in [1.82, 2.24) is 14.8 Å². The summed E-state index contributed by atoms with van der Waals surface area (Å²) in [6.45, 7) is 0. The zero-order valence-electron chi connectivity index (χ0n) is 14.1. The maximum Gasteiger partial charge on any atom is 0.339 e. The van der Waals surface area contributed by atoms with Gasteiger partial charge in [-0.05, 0) is 24.3 Å². The number of rotatable bonds is 4. The molecule has 0 saturated heterocycles. The molecule has 2 heterocycles. The first-order valence-electron chi connectivity index (χ1n) is 8.06. The summed E-state index contributed by atoms with van der Waals surface area (Å²) in [4.78, 5) is 26.6. The first-order valence-corrected chi connectivity index (χ1v) is 8.44. The number of carboxylic acids is 1. The lowest BCUT2D eigenvalue weighted by Gasteiger charge is -2.11. The van der Waals surface area contributed by atoms with E-state index in [1.54, 1.807) is 36.5 Å². The summed E-state index contributed by atoms with van der Waals surface area (Å²) in [6, 6.07) is 12.6. The van der Waals surface area contributed by atoms with Gasteiger partial charge in [0.05, 0.1) is 28.0 Å². The molecule has 0 fully saturated rings. The van der Waals surface area contributed by atoms with Crippen molar-refractivity contribution >= 4 is 34.2 Å². The fourth-order valence-electron chi connectivity index (χ4n) is 3.02. The SMILES string of the molecule is O=C(O)c1cnn(-c2ccnc3cc(Cl)ccc23)c1-c1cccc([N+](=O)[O-])c1. The zero-order chi connectivity index (χ0) is 19.8. The molecule has 138 valence electrons. The van der Waals surface area contributed by atoms with E-state index in [0.29, 0.717) is 27.2 Å². The van der Waals surface area contributed by atoms with Crippen molar-refractivity contribution in [2.45, 2.75) is 0 Å². The molecule has 4 aromatic rings. The lowest BCUT2D eigenvalue weighted by Crippen LogP contribution is -2.04. The summed E-state index contributed by atoms with van der Waals surface area (Å²) < 4.78 is 1.44. The highest BCUT2D eigenvalue weighted by Gasteiger charge is 2.22. The molecule has 0 bridgehead atoms. The van der Waals surface area contributed by atoms with Crippen LogP contribution in [-0.2, 0) is 0 Å². The Hall–Kier alpha value is -3.78. The molecule has 0 unspecified atom stereocenters. The summed E-state index contributed by atoms with van der Waals surface area (Å²) >= 11 is 6.03. The van der Waals surface area contributed by atoms with Gasteiger partial charge in [-0.3, -0.25) is 15.1 Å². The second-order valence-electron chi connectivity index (χ2n) is 5.92. The lowest BCUT2D eigenvalue weighted by molar-refractivity contribution is -0.384. The first-order chi connectivity index (χ1) is 13.5. The number of aromatic nitrogens is 3. The fraction of sp³-hybridized carbons (Fsp3) is 0. The van der Waals surface area contributed by atoms with Crippen LogP contribution in [-0.4, -0.2) is 30.8 Å². The molecule has 0 aliphatic heterocycles. The summed E-state index contributed by atoms with van der Waals surface area (Å²) in [7, 11) is 0. The van der Waals surface area contributed by atoms with Gasteiger partial charge in [-0.25, -0.2) is 9.48 Å². The lowest BCUT2D eigenvalue weighted by atomic mass is 10.1. The van der Waals surface area contributed by atoms with Crippen LogP contribution in [0.1, 0.15) is 10.4 Å². The van der Waals surface area contributed by atoms with E-state index < -0.39 is 10.9 Å². The number of non-ortho nitro benzene ring substituents is 1. The average molecular weight is 395 g/mol. The maximum atomic E-state index is 11.7. The highest BCUT2D eigenvalue weighted by Crippen LogP contribution is 2.32. The number of pyridine rings is 1. The van der Waals surface area contributed by atoms with Crippen LogP contribution in [0, 0.1) is 10.1 Å². The van der Waals surface area contributed by atoms with Crippen LogP contribution in [0.2, 0.25) is 5.02 Å². The van der Waals surface area contributed by atoms with E-state index in [2.05, 4.69) is 10.1 Å². The summed E-state index contributed by atoms with van der Waals surface area (Å²) in [5.41, 5.74) is 1.58. The van der Waals surface area contributed by atoms with Crippen LogP contribution in [0.3, 0.4) is 0 Å². The second kappa shape index (κ2) is 6.75. The van der Waals surface area contributed by atoms with Gasteiger partial charge in [0, 0.05) is 34.3 Å². The number of nitro groups is 1. The van der Waals surface area contributed by atoms with E-state index in [4.69, 9.17) is 11.6 Å². The third kappa shape index (κ3) is 2.95. The largest absolute Gasteiger partial charge is 0.478 e. The molecule has 4 rings (SSSR count). The number of carbonyl (C=O) groups is 1. The predicted octanol–water partition coefficient (Wildman–Crippen LogP) is 4.35. The van der Waals surface area contributed by atoms with Crippen LogP contribution < -0.4 is 0 Å². The van der Waals surface area contributed by atoms with Crippen molar-refractivity contribution < 1.29 is 14.8 Å². The van der Waals surface area contributed by atoms with Gasteiger partial charge in [0.15, 0.2) is 0 Å². The maximum absolute atomic E-state index is 11.7. The van der Waals surface area contributed by atoms with E-state index in [1.165, 1.54) is 29.1 Å². The van der Waals surface area contributed by atoms with Crippen molar-refractivity contribution in [1.29, 1.82) is 0 Å². The Morgan fingerprint density at radius 3 is 2.75 bits per heavy atom. The molecule has 0 atom stereocenters. The van der Waals surface area contributed by atoms with Crippen LogP contribution in [0.5, 0.6) is 0 Å². The van der Waals surface area contributed by atoms with Crippen LogP contribution in [0.25, 0.3) is 27.8 Å². The third-order valence-electron chi connectivity index (χ3n) is 4.24. The third-order valence-corrected chi connectivity index (χ3v) is 4.48. The Bertz CT molecular complexity index is 1250. The Kier molecular flexibility index (Phi) is 4.25. The smallest absolute Gasteiger partial charge is 0.339 e. The van der Waals surface area contributed by atoms with Crippen molar-refractivity contribution in [3.63, 3.8) is 0 Å². The van der Waals surface area contributed by atoms with Gasteiger partial charge in [0.2, 0.25) is 0 Å². The molecule has 0 radical (unpaired) electrons. The molecular weight excluding hydrogens is 384 g/mol. The molecule has 8 nitrogen and oxygen atoms in total. The molecule has 2 aromatic heterocycles. The average Bonchev–Trinajstić information content (AvgIpc) is 3.12. The number of benzene rings is 2. The van der Waals surface area contributed by atoms with E-state index in [0.717, 1.165) is 0 Å². The molecule has 0 aliphatic carbocycles. The summed E-state index contributed by atoms with van der Waals surface area (Å²) in [5, 5.41) is 26.2. The highest BCUT2D eigenvalue weighted by molar-refractivity contribution is 6.31. The zero-order valence-corrected chi connectivity index (χ0v) is 14.9. The molecule has 1 N–H and O–H groups in total. The van der Waals surface area contributed by atoms with E-state index in [-0.39, 0.29) is 16.9 Å². The van der Waals surface area contributed by atoms with E-state index >= 15 is 0 Å². The van der Waals surface area contributed by atoms with Crippen molar-refractivity contribution in [2.24, 2.45) is 0 Å². The van der Waals surface area contributed by atoms with Gasteiger partial charge in [-0.1, -0.05) is 23.7 Å². The van der Waals surface area contributed by atoms with Crippen LogP contribution >= 0.6 is 11.6 Å². The van der Waals surface area contributed by atoms with Crippen LogP contribution in [0.15, 0.2) is 60.9 Å². The second-order valence-corrected chi connectivity index (χ2v) is 6.36. The monoisotopic (exact) mass is 394 g/mol. The topological polar surface area (TPSA) is 111 Å². The Morgan fingerprint density at radius 2 is 2.00 bits per heavy atom. The number of halogens is 1. The highest BCUT2D eigenvalue weighted by atomic mass is 35.5. The van der Waals surface area contributed by atoms with Gasteiger partial charge in [0.25, 0.3) is 5.69 Å². The molecule has 28 heavy (non-hydrogen) atoms. The molecular formula is C19H11ClN4O4. The molecule has 0 aliphatic rings. The fourth-order valence-corrected chi connectivity index (χ4v) is 3.19. The number of fused-ring (bicyclic) bond motifs is 1. The molecule has 0 saturated carbocycles. The van der Waals surface area contributed by atoms with Crippen LogP contribution in [0.4, 0.5) is 5.69 Å². The summed E-state index contributed by atoms with van der Waals surface area (Å²) in [5.74, 6) is -1.19. The Balaban J connectivity index is 2.02. The number of carboxylic acid groups (broad SMARTS) is 1. The Morgan fingerprint density at radius 1 is 1.18 bits per heavy atom. The van der Waals surface area contributed by atoms with Crippen molar-refractivity contribution in [3.05, 3.63) is 81.6 Å². The van der Waals surface area contributed by atoms with Gasteiger partial charge >= 0.3 is 5.97 Å². The molecule has 9 heteroatoms. The van der Waals surface area contributed by atoms with Gasteiger partial charge < -0.3 is 5.11 Å². The number of hydrogen-bond donors (Lipinski definition) is 1. The number of nitro benzene ring substituents is 1. The molecule has 0 amide bonds. The number of nitrogens with zero attached hydrogens (tertiary/aromatic N) is 4. The molecule has 0 spiro atoms. The normalized spacial score (nSPS) is 10.9. The number of hydrogen-bond acceptors (Lipinski definition) is 5. The minimum atomic E-state index is -1.19. The molecule has 2 aromatic carbocycles. The Labute approximate surface area is 162 Å². The van der Waals surface area contributed by atoms with Gasteiger partial charge in [0.1, 0.15) is 5.56 Å². The predicted molar refractivity (Wildman–Crippen MR) is 103 cm³/mol. The number of aromatic carboxylic acids is 1. The first kappa shape index (κ1) is 17.6. The van der Waals surface area contributed by atoms with Crippen molar-refractivity contribution in [3.8, 4) is 16.9 Å². The van der Waals surface area contributed by atoms with E-state index in [1.807, 2.05) is 0 Å².